The Kier molecular flexibility index (Phi) is 9.11. The molecule has 0 saturated heterocycles. The largest absolute Gasteiger partial charge is 0.304 e. The highest BCUT2D eigenvalue weighted by atomic mass is 15.1. The molecule has 0 fully saturated rings. The van der Waals surface area contributed by atoms with Crippen molar-refractivity contribution in [3.05, 3.63) is 0 Å². The molecule has 0 aromatic carbocycles. The zero-order valence-corrected chi connectivity index (χ0v) is 12.1. The Morgan fingerprint density at radius 2 is 1.82 bits per heavy atom. The van der Waals surface area contributed by atoms with Gasteiger partial charge in [0.1, 0.15) is 5.54 Å². The highest BCUT2D eigenvalue weighted by molar-refractivity contribution is 5.03. The highest BCUT2D eigenvalue weighted by Crippen LogP contribution is 2.13. The molecule has 3 nitrogen and oxygen atoms in total. The van der Waals surface area contributed by atoms with Gasteiger partial charge in [-0.15, -0.1) is 0 Å². The molecule has 1 atom stereocenters. The van der Waals surface area contributed by atoms with Crippen LogP contribution in [-0.2, 0) is 0 Å². The first kappa shape index (κ1) is 16.4. The maximum absolute atomic E-state index is 9.19. The van der Waals surface area contributed by atoms with Crippen LogP contribution in [0.1, 0.15) is 53.4 Å². The molecule has 0 spiro atoms. The molecule has 0 aromatic rings. The smallest absolute Gasteiger partial charge is 0.103 e. The Bertz CT molecular complexity index is 218. The fraction of sp³-hybridized carbons (Fsp3) is 0.929. The van der Waals surface area contributed by atoms with Gasteiger partial charge in [-0.1, -0.05) is 20.8 Å². The van der Waals surface area contributed by atoms with E-state index < -0.39 is 0 Å². The van der Waals surface area contributed by atoms with E-state index >= 15 is 0 Å². The molecule has 17 heavy (non-hydrogen) atoms. The standard InChI is InChI=1S/C14H29N3/c1-5-11-16-14(4,13-15)10-8-9-12-17(6-2)7-3/h16H,5-12H2,1-4H3. The molecule has 100 valence electrons. The second-order valence-electron chi connectivity index (χ2n) is 4.85. The summed E-state index contributed by atoms with van der Waals surface area (Å²) in [5, 5.41) is 12.5. The van der Waals surface area contributed by atoms with Gasteiger partial charge in [0, 0.05) is 0 Å². The first-order valence-electron chi connectivity index (χ1n) is 7.00. The predicted molar refractivity (Wildman–Crippen MR) is 74.0 cm³/mol. The van der Waals surface area contributed by atoms with Crippen molar-refractivity contribution in [1.82, 2.24) is 10.2 Å². The molecule has 0 amide bonds. The van der Waals surface area contributed by atoms with Crippen molar-refractivity contribution < 1.29 is 0 Å². The van der Waals surface area contributed by atoms with Crippen LogP contribution >= 0.6 is 0 Å². The number of nitrogens with zero attached hydrogens (tertiary/aromatic N) is 2. The van der Waals surface area contributed by atoms with Crippen LogP contribution in [0.4, 0.5) is 0 Å². The molecular formula is C14H29N3. The molecule has 0 aromatic heterocycles. The van der Waals surface area contributed by atoms with E-state index in [4.69, 9.17) is 0 Å². The van der Waals surface area contributed by atoms with Gasteiger partial charge < -0.3 is 4.90 Å². The second kappa shape index (κ2) is 9.44. The number of unbranched alkanes of at least 4 members (excludes halogenated alkanes) is 1. The van der Waals surface area contributed by atoms with Crippen LogP contribution in [0.3, 0.4) is 0 Å². The molecule has 0 radical (unpaired) electrons. The van der Waals surface area contributed by atoms with Crippen molar-refractivity contribution in [2.45, 2.75) is 58.9 Å². The summed E-state index contributed by atoms with van der Waals surface area (Å²) in [5.41, 5.74) is -0.334. The van der Waals surface area contributed by atoms with Crippen molar-refractivity contribution >= 4 is 0 Å². The van der Waals surface area contributed by atoms with Gasteiger partial charge in [0.2, 0.25) is 0 Å². The van der Waals surface area contributed by atoms with E-state index in [9.17, 15) is 5.26 Å². The summed E-state index contributed by atoms with van der Waals surface area (Å²) >= 11 is 0. The van der Waals surface area contributed by atoms with Crippen molar-refractivity contribution in [3.63, 3.8) is 0 Å². The number of hydrogen-bond acceptors (Lipinski definition) is 3. The molecule has 3 heteroatoms. The molecule has 1 N–H and O–H groups in total. The minimum absolute atomic E-state index is 0.334. The Balaban J connectivity index is 3.80. The topological polar surface area (TPSA) is 39.1 Å². The van der Waals surface area contributed by atoms with Gasteiger partial charge in [0.25, 0.3) is 0 Å². The fourth-order valence-electron chi connectivity index (χ4n) is 1.94. The third-order valence-electron chi connectivity index (χ3n) is 3.31. The zero-order valence-electron chi connectivity index (χ0n) is 12.1. The van der Waals surface area contributed by atoms with Gasteiger partial charge in [-0.3, -0.25) is 5.32 Å². The minimum Gasteiger partial charge on any atom is -0.304 e. The van der Waals surface area contributed by atoms with Crippen molar-refractivity contribution in [3.8, 4) is 6.07 Å². The van der Waals surface area contributed by atoms with E-state index in [-0.39, 0.29) is 5.54 Å². The summed E-state index contributed by atoms with van der Waals surface area (Å²) in [7, 11) is 0. The summed E-state index contributed by atoms with van der Waals surface area (Å²) in [6.07, 6.45) is 4.34. The fourth-order valence-corrected chi connectivity index (χ4v) is 1.94. The molecule has 0 saturated carbocycles. The van der Waals surface area contributed by atoms with Crippen LogP contribution in [0.2, 0.25) is 0 Å². The maximum Gasteiger partial charge on any atom is 0.103 e. The van der Waals surface area contributed by atoms with Crippen LogP contribution in [0, 0.1) is 11.3 Å². The van der Waals surface area contributed by atoms with E-state index in [0.29, 0.717) is 0 Å². The first-order valence-corrected chi connectivity index (χ1v) is 7.00. The Labute approximate surface area is 107 Å². The molecule has 0 rings (SSSR count). The number of rotatable bonds is 10. The van der Waals surface area contributed by atoms with Crippen molar-refractivity contribution in [2.24, 2.45) is 0 Å². The number of nitrogens with one attached hydrogen (secondary N) is 1. The van der Waals surface area contributed by atoms with E-state index in [2.05, 4.69) is 37.1 Å². The van der Waals surface area contributed by atoms with Gasteiger partial charge in [0.05, 0.1) is 6.07 Å². The van der Waals surface area contributed by atoms with Crippen LogP contribution in [0.25, 0.3) is 0 Å². The lowest BCUT2D eigenvalue weighted by molar-refractivity contribution is 0.289. The summed E-state index contributed by atoms with van der Waals surface area (Å²) in [6, 6.07) is 2.40. The Hall–Kier alpha value is -0.590. The molecule has 0 heterocycles. The second-order valence-corrected chi connectivity index (χ2v) is 4.85. The molecule has 0 bridgehead atoms. The average Bonchev–Trinajstić information content (AvgIpc) is 2.36. The van der Waals surface area contributed by atoms with Crippen LogP contribution in [-0.4, -0.2) is 36.6 Å². The third-order valence-corrected chi connectivity index (χ3v) is 3.31. The number of hydrogen-bond donors (Lipinski definition) is 1. The van der Waals surface area contributed by atoms with Gasteiger partial charge in [0.15, 0.2) is 0 Å². The quantitative estimate of drug-likeness (QED) is 0.596. The summed E-state index contributed by atoms with van der Waals surface area (Å²) in [5.74, 6) is 0. The zero-order chi connectivity index (χ0) is 13.1. The lowest BCUT2D eigenvalue weighted by atomic mass is 9.96. The summed E-state index contributed by atoms with van der Waals surface area (Å²) < 4.78 is 0. The minimum atomic E-state index is -0.334. The van der Waals surface area contributed by atoms with Crippen molar-refractivity contribution in [2.75, 3.05) is 26.2 Å². The lowest BCUT2D eigenvalue weighted by Gasteiger charge is -2.24. The lowest BCUT2D eigenvalue weighted by Crippen LogP contribution is -2.41. The maximum atomic E-state index is 9.19. The van der Waals surface area contributed by atoms with Gasteiger partial charge in [-0.2, -0.15) is 5.26 Å². The SMILES string of the molecule is CCCNC(C)(C#N)CCCCN(CC)CC. The average molecular weight is 239 g/mol. The summed E-state index contributed by atoms with van der Waals surface area (Å²) in [6.45, 7) is 12.9. The van der Waals surface area contributed by atoms with Crippen LogP contribution < -0.4 is 5.32 Å². The van der Waals surface area contributed by atoms with E-state index in [1.807, 2.05) is 6.92 Å². The Morgan fingerprint density at radius 3 is 2.29 bits per heavy atom. The van der Waals surface area contributed by atoms with Crippen LogP contribution in [0.15, 0.2) is 0 Å². The van der Waals surface area contributed by atoms with Crippen LogP contribution in [0.5, 0.6) is 0 Å². The first-order chi connectivity index (χ1) is 8.11. The summed E-state index contributed by atoms with van der Waals surface area (Å²) in [4.78, 5) is 2.43. The third kappa shape index (κ3) is 7.36. The molecule has 0 aliphatic carbocycles. The van der Waals surface area contributed by atoms with Crippen molar-refractivity contribution in [1.29, 1.82) is 5.26 Å². The highest BCUT2D eigenvalue weighted by Gasteiger charge is 2.21. The molecular weight excluding hydrogens is 210 g/mol. The molecule has 0 aliphatic rings. The predicted octanol–water partition coefficient (Wildman–Crippen LogP) is 2.78. The monoisotopic (exact) mass is 239 g/mol. The van der Waals surface area contributed by atoms with E-state index in [1.54, 1.807) is 0 Å². The van der Waals surface area contributed by atoms with Gasteiger partial charge in [-0.05, 0) is 58.8 Å². The molecule has 0 aliphatic heterocycles. The molecule has 1 unspecified atom stereocenters. The van der Waals surface area contributed by atoms with E-state index in [1.165, 1.54) is 6.42 Å². The van der Waals surface area contributed by atoms with Gasteiger partial charge in [-0.25, -0.2) is 0 Å². The number of nitriles is 1. The van der Waals surface area contributed by atoms with E-state index in [0.717, 1.165) is 45.4 Å². The van der Waals surface area contributed by atoms with Gasteiger partial charge >= 0.3 is 0 Å². The normalized spacial score (nSPS) is 14.6. The Morgan fingerprint density at radius 1 is 1.18 bits per heavy atom.